The van der Waals surface area contributed by atoms with E-state index in [1.807, 2.05) is 6.07 Å². The second-order valence-electron chi connectivity index (χ2n) is 4.61. The third-order valence-corrected chi connectivity index (χ3v) is 4.39. The Balaban J connectivity index is 1.83. The lowest BCUT2D eigenvalue weighted by molar-refractivity contribution is -0.121. The lowest BCUT2D eigenvalue weighted by atomic mass is 10.3. The third kappa shape index (κ3) is 2.62. The van der Waals surface area contributed by atoms with Crippen molar-refractivity contribution >= 4 is 35.0 Å². The molecular formula is C15H13N3O2S. The van der Waals surface area contributed by atoms with Crippen molar-refractivity contribution in [1.82, 2.24) is 4.98 Å². The van der Waals surface area contributed by atoms with E-state index in [-0.39, 0.29) is 18.2 Å². The van der Waals surface area contributed by atoms with Crippen LogP contribution in [-0.2, 0) is 9.59 Å². The number of hydrogen-bond donors (Lipinski definition) is 1. The first-order valence-electron chi connectivity index (χ1n) is 6.46. The molecule has 2 N–H and O–H groups in total. The molecule has 0 saturated carbocycles. The van der Waals surface area contributed by atoms with E-state index in [0.717, 1.165) is 0 Å². The molecule has 6 heteroatoms. The molecule has 1 fully saturated rings. The molecular weight excluding hydrogens is 286 g/mol. The first-order valence-corrected chi connectivity index (χ1v) is 7.34. The lowest BCUT2D eigenvalue weighted by Crippen LogP contribution is -2.31. The molecule has 1 aromatic carbocycles. The molecule has 0 aliphatic carbocycles. The maximum atomic E-state index is 12.4. The number of nitrogen functional groups attached to an aromatic ring is 1. The van der Waals surface area contributed by atoms with Gasteiger partial charge in [-0.25, -0.2) is 9.88 Å². The molecule has 1 atom stereocenters. The van der Waals surface area contributed by atoms with Crippen LogP contribution in [0.4, 0.5) is 11.4 Å². The first-order chi connectivity index (χ1) is 10.2. The van der Waals surface area contributed by atoms with Gasteiger partial charge in [-0.2, -0.15) is 0 Å². The first kappa shape index (κ1) is 13.6. The molecule has 1 aromatic heterocycles. The van der Waals surface area contributed by atoms with Crippen molar-refractivity contribution in [2.24, 2.45) is 0 Å². The van der Waals surface area contributed by atoms with Gasteiger partial charge in [-0.05, 0) is 24.3 Å². The number of thioether (sulfide) groups is 1. The van der Waals surface area contributed by atoms with E-state index < -0.39 is 5.25 Å². The van der Waals surface area contributed by atoms with E-state index >= 15 is 0 Å². The van der Waals surface area contributed by atoms with Crippen LogP contribution in [0.25, 0.3) is 0 Å². The van der Waals surface area contributed by atoms with Crippen molar-refractivity contribution in [3.63, 3.8) is 0 Å². The highest BCUT2D eigenvalue weighted by atomic mass is 32.2. The summed E-state index contributed by atoms with van der Waals surface area (Å²) in [5, 5.41) is 0.105. The Morgan fingerprint density at radius 1 is 1.14 bits per heavy atom. The number of rotatable bonds is 3. The molecule has 0 radical (unpaired) electrons. The molecule has 0 bridgehead atoms. The van der Waals surface area contributed by atoms with Crippen LogP contribution in [0.1, 0.15) is 6.42 Å². The summed E-state index contributed by atoms with van der Waals surface area (Å²) in [5.74, 6) is -0.417. The van der Waals surface area contributed by atoms with Gasteiger partial charge in [0.1, 0.15) is 5.03 Å². The summed E-state index contributed by atoms with van der Waals surface area (Å²) >= 11 is 1.24. The summed E-state index contributed by atoms with van der Waals surface area (Å²) in [6.07, 6.45) is 1.78. The highest BCUT2D eigenvalue weighted by Crippen LogP contribution is 2.34. The molecule has 3 rings (SSSR count). The Morgan fingerprint density at radius 2 is 1.90 bits per heavy atom. The lowest BCUT2D eigenvalue weighted by Gasteiger charge is -2.14. The Kier molecular flexibility index (Phi) is 3.62. The number of aromatic nitrogens is 1. The smallest absolute Gasteiger partial charge is 0.247 e. The van der Waals surface area contributed by atoms with Crippen LogP contribution in [0.2, 0.25) is 0 Å². The Morgan fingerprint density at radius 3 is 2.62 bits per heavy atom. The zero-order chi connectivity index (χ0) is 14.8. The van der Waals surface area contributed by atoms with Crippen LogP contribution in [0.3, 0.4) is 0 Å². The van der Waals surface area contributed by atoms with Crippen molar-refractivity contribution in [1.29, 1.82) is 0 Å². The van der Waals surface area contributed by atoms with Gasteiger partial charge >= 0.3 is 0 Å². The fraction of sp³-hybridized carbons (Fsp3) is 0.133. The van der Waals surface area contributed by atoms with Crippen molar-refractivity contribution < 1.29 is 9.59 Å². The summed E-state index contributed by atoms with van der Waals surface area (Å²) in [4.78, 5) is 29.9. The fourth-order valence-electron chi connectivity index (χ4n) is 2.18. The average molecular weight is 299 g/mol. The standard InChI is InChI=1S/C15H13N3O2S/c16-11-7-4-8-17-14(11)21-12-9-13(19)18(15(12)20)10-5-2-1-3-6-10/h1-8,12H,9,16H2. The molecule has 1 saturated heterocycles. The summed E-state index contributed by atoms with van der Waals surface area (Å²) in [6.45, 7) is 0. The zero-order valence-corrected chi connectivity index (χ0v) is 11.9. The number of amides is 2. The van der Waals surface area contributed by atoms with E-state index in [9.17, 15) is 9.59 Å². The van der Waals surface area contributed by atoms with Gasteiger partial charge in [0, 0.05) is 12.6 Å². The van der Waals surface area contributed by atoms with E-state index in [4.69, 9.17) is 5.73 Å². The maximum Gasteiger partial charge on any atom is 0.247 e. The normalized spacial score (nSPS) is 18.3. The molecule has 2 amide bonds. The Hall–Kier alpha value is -2.34. The van der Waals surface area contributed by atoms with Crippen molar-refractivity contribution in [3.05, 3.63) is 48.7 Å². The second kappa shape index (κ2) is 5.57. The average Bonchev–Trinajstić information content (AvgIpc) is 2.77. The molecule has 1 aliphatic rings. The van der Waals surface area contributed by atoms with Crippen LogP contribution in [0, 0.1) is 0 Å². The van der Waals surface area contributed by atoms with Crippen LogP contribution < -0.4 is 10.6 Å². The molecule has 2 heterocycles. The SMILES string of the molecule is Nc1cccnc1SC1CC(=O)N(c2ccccc2)C1=O. The van der Waals surface area contributed by atoms with Gasteiger partial charge in [-0.3, -0.25) is 9.59 Å². The minimum absolute atomic E-state index is 0.161. The molecule has 0 spiro atoms. The highest BCUT2D eigenvalue weighted by molar-refractivity contribution is 8.00. The number of pyridine rings is 1. The van der Waals surface area contributed by atoms with Gasteiger partial charge < -0.3 is 5.73 Å². The number of anilines is 2. The van der Waals surface area contributed by atoms with Crippen LogP contribution in [0.5, 0.6) is 0 Å². The summed E-state index contributed by atoms with van der Waals surface area (Å²) in [6, 6.07) is 12.4. The quantitative estimate of drug-likeness (QED) is 0.878. The summed E-state index contributed by atoms with van der Waals surface area (Å²) < 4.78 is 0. The number of para-hydroxylation sites is 1. The number of carbonyl (C=O) groups is 2. The fourth-order valence-corrected chi connectivity index (χ4v) is 3.21. The third-order valence-electron chi connectivity index (χ3n) is 3.17. The number of carbonyl (C=O) groups excluding carboxylic acids is 2. The Labute approximate surface area is 126 Å². The van der Waals surface area contributed by atoms with E-state index in [1.54, 1.807) is 42.6 Å². The molecule has 1 unspecified atom stereocenters. The number of nitrogens with zero attached hydrogens (tertiary/aromatic N) is 2. The number of nitrogens with two attached hydrogens (primary N) is 1. The molecule has 21 heavy (non-hydrogen) atoms. The predicted octanol–water partition coefficient (Wildman–Crippen LogP) is 2.09. The van der Waals surface area contributed by atoms with Crippen LogP contribution in [-0.4, -0.2) is 22.0 Å². The van der Waals surface area contributed by atoms with Crippen molar-refractivity contribution in [3.8, 4) is 0 Å². The predicted molar refractivity (Wildman–Crippen MR) is 81.8 cm³/mol. The van der Waals surface area contributed by atoms with E-state index in [1.165, 1.54) is 16.7 Å². The highest BCUT2D eigenvalue weighted by Gasteiger charge is 2.40. The molecule has 106 valence electrons. The topological polar surface area (TPSA) is 76.3 Å². The number of benzene rings is 1. The maximum absolute atomic E-state index is 12.4. The molecule has 2 aromatic rings. The van der Waals surface area contributed by atoms with E-state index in [0.29, 0.717) is 16.4 Å². The largest absolute Gasteiger partial charge is 0.397 e. The number of hydrogen-bond acceptors (Lipinski definition) is 5. The Bertz CT molecular complexity index is 690. The van der Waals surface area contributed by atoms with Crippen molar-refractivity contribution in [2.75, 3.05) is 10.6 Å². The van der Waals surface area contributed by atoms with Gasteiger partial charge in [0.05, 0.1) is 16.6 Å². The van der Waals surface area contributed by atoms with Crippen LogP contribution >= 0.6 is 11.8 Å². The van der Waals surface area contributed by atoms with Gasteiger partial charge in [-0.15, -0.1) is 0 Å². The summed E-state index contributed by atoms with van der Waals surface area (Å²) in [5.41, 5.74) is 6.95. The minimum atomic E-state index is -0.477. The summed E-state index contributed by atoms with van der Waals surface area (Å²) in [7, 11) is 0. The van der Waals surface area contributed by atoms with Crippen molar-refractivity contribution in [2.45, 2.75) is 16.7 Å². The van der Waals surface area contributed by atoms with Crippen LogP contribution in [0.15, 0.2) is 53.7 Å². The van der Waals surface area contributed by atoms with Gasteiger partial charge in [-0.1, -0.05) is 30.0 Å². The monoisotopic (exact) mass is 299 g/mol. The van der Waals surface area contributed by atoms with Gasteiger partial charge in [0.2, 0.25) is 11.8 Å². The second-order valence-corrected chi connectivity index (χ2v) is 5.80. The molecule has 5 nitrogen and oxygen atoms in total. The number of imide groups is 1. The molecule has 1 aliphatic heterocycles. The minimum Gasteiger partial charge on any atom is -0.397 e. The van der Waals surface area contributed by atoms with Gasteiger partial charge in [0.15, 0.2) is 0 Å². The van der Waals surface area contributed by atoms with E-state index in [2.05, 4.69) is 4.98 Å². The zero-order valence-electron chi connectivity index (χ0n) is 11.1. The van der Waals surface area contributed by atoms with Gasteiger partial charge in [0.25, 0.3) is 0 Å².